The molecule has 6 nitrogen and oxygen atoms in total. The largest absolute Gasteiger partial charge is 0.497 e. The Morgan fingerprint density at radius 3 is 2.74 bits per heavy atom. The van der Waals surface area contributed by atoms with Gasteiger partial charge in [-0.3, -0.25) is 4.79 Å². The van der Waals surface area contributed by atoms with Crippen molar-refractivity contribution in [1.82, 2.24) is 14.9 Å². The lowest BCUT2D eigenvalue weighted by Crippen LogP contribution is -2.37. The van der Waals surface area contributed by atoms with Crippen LogP contribution in [0.3, 0.4) is 0 Å². The van der Waals surface area contributed by atoms with E-state index in [1.54, 1.807) is 25.7 Å². The number of aromatic nitrogens is 2. The van der Waals surface area contributed by atoms with Gasteiger partial charge in [-0.1, -0.05) is 31.2 Å². The highest BCUT2D eigenvalue weighted by molar-refractivity contribution is 5.81. The van der Waals surface area contributed by atoms with Gasteiger partial charge in [-0.25, -0.2) is 4.98 Å². The van der Waals surface area contributed by atoms with Crippen molar-refractivity contribution >= 4 is 5.91 Å². The number of rotatable bonds is 8. The number of methoxy groups -OCH3 is 1. The van der Waals surface area contributed by atoms with Crippen LogP contribution in [0.25, 0.3) is 5.69 Å². The highest BCUT2D eigenvalue weighted by Crippen LogP contribution is 2.21. The second-order valence-electron chi connectivity index (χ2n) is 6.01. The van der Waals surface area contributed by atoms with Gasteiger partial charge in [-0.2, -0.15) is 0 Å². The first kappa shape index (κ1) is 18.5. The van der Waals surface area contributed by atoms with Crippen molar-refractivity contribution in [3.63, 3.8) is 0 Å². The van der Waals surface area contributed by atoms with Gasteiger partial charge in [0.05, 0.1) is 19.1 Å². The predicted octanol–water partition coefficient (Wildman–Crippen LogP) is 3.35. The van der Waals surface area contributed by atoms with Gasteiger partial charge in [-0.05, 0) is 30.2 Å². The Hall–Kier alpha value is -3.28. The monoisotopic (exact) mass is 365 g/mol. The summed E-state index contributed by atoms with van der Waals surface area (Å²) in [5.74, 6) is 1.15. The van der Waals surface area contributed by atoms with Crippen LogP contribution in [0.15, 0.2) is 67.3 Å². The lowest BCUT2D eigenvalue weighted by Gasteiger charge is -2.18. The lowest BCUT2D eigenvalue weighted by molar-refractivity contribution is -0.128. The van der Waals surface area contributed by atoms with Crippen LogP contribution in [0.1, 0.15) is 18.9 Å². The van der Waals surface area contributed by atoms with E-state index in [1.807, 2.05) is 60.2 Å². The first-order valence-corrected chi connectivity index (χ1v) is 8.86. The molecule has 0 radical (unpaired) electrons. The molecule has 6 heteroatoms. The summed E-state index contributed by atoms with van der Waals surface area (Å²) in [6, 6.07) is 15.1. The molecule has 0 aliphatic heterocycles. The summed E-state index contributed by atoms with van der Waals surface area (Å²) in [6.07, 6.45) is 5.33. The van der Waals surface area contributed by atoms with Crippen LogP contribution in [-0.4, -0.2) is 28.7 Å². The summed E-state index contributed by atoms with van der Waals surface area (Å²) in [5.41, 5.74) is 1.98. The molecule has 0 aliphatic rings. The maximum atomic E-state index is 12.6. The Bertz CT molecular complexity index is 878. The van der Waals surface area contributed by atoms with E-state index < -0.39 is 6.10 Å². The normalized spacial score (nSPS) is 11.6. The summed E-state index contributed by atoms with van der Waals surface area (Å²) in [6.45, 7) is 2.33. The molecule has 27 heavy (non-hydrogen) atoms. The summed E-state index contributed by atoms with van der Waals surface area (Å²) < 4.78 is 13.0. The smallest absolute Gasteiger partial charge is 0.261 e. The van der Waals surface area contributed by atoms with Gasteiger partial charge in [0.2, 0.25) is 0 Å². The van der Waals surface area contributed by atoms with Gasteiger partial charge in [0.25, 0.3) is 5.91 Å². The quantitative estimate of drug-likeness (QED) is 0.665. The molecule has 1 amide bonds. The number of nitrogens with one attached hydrogen (secondary N) is 1. The highest BCUT2D eigenvalue weighted by Gasteiger charge is 2.18. The fourth-order valence-electron chi connectivity index (χ4n) is 2.77. The van der Waals surface area contributed by atoms with E-state index in [2.05, 4.69) is 10.3 Å². The van der Waals surface area contributed by atoms with E-state index in [-0.39, 0.29) is 5.91 Å². The van der Waals surface area contributed by atoms with E-state index in [4.69, 9.17) is 9.47 Å². The second-order valence-corrected chi connectivity index (χ2v) is 6.01. The standard InChI is InChI=1S/C21H23N3O3/c1-3-20(27-18-9-6-8-17(13-18)26-2)21(25)23-14-16-7-4-5-10-19(16)24-12-11-22-15-24/h4-13,15,20H,3,14H2,1-2H3,(H,23,25)/t20-/m0/s1. The zero-order valence-corrected chi connectivity index (χ0v) is 15.5. The Balaban J connectivity index is 1.66. The minimum atomic E-state index is -0.572. The van der Waals surface area contributed by atoms with E-state index >= 15 is 0 Å². The maximum absolute atomic E-state index is 12.6. The molecule has 0 aliphatic carbocycles. The zero-order chi connectivity index (χ0) is 19.1. The summed E-state index contributed by atoms with van der Waals surface area (Å²) in [5, 5.41) is 2.97. The molecule has 2 aromatic carbocycles. The third kappa shape index (κ3) is 4.67. The van der Waals surface area contributed by atoms with Crippen LogP contribution in [0.2, 0.25) is 0 Å². The molecular formula is C21H23N3O3. The summed E-state index contributed by atoms with van der Waals surface area (Å²) >= 11 is 0. The van der Waals surface area contributed by atoms with Crippen molar-refractivity contribution in [3.8, 4) is 17.2 Å². The maximum Gasteiger partial charge on any atom is 0.261 e. The van der Waals surface area contributed by atoms with Crippen LogP contribution in [0.4, 0.5) is 0 Å². The molecule has 1 N–H and O–H groups in total. The SMILES string of the molecule is CC[C@H](Oc1cccc(OC)c1)C(=O)NCc1ccccc1-n1ccnc1. The van der Waals surface area contributed by atoms with Crippen molar-refractivity contribution < 1.29 is 14.3 Å². The highest BCUT2D eigenvalue weighted by atomic mass is 16.5. The van der Waals surface area contributed by atoms with Crippen molar-refractivity contribution in [1.29, 1.82) is 0 Å². The van der Waals surface area contributed by atoms with Gasteiger partial charge >= 0.3 is 0 Å². The Morgan fingerprint density at radius 1 is 1.19 bits per heavy atom. The lowest BCUT2D eigenvalue weighted by atomic mass is 10.1. The molecule has 0 fully saturated rings. The first-order chi connectivity index (χ1) is 13.2. The number of carbonyl (C=O) groups is 1. The average Bonchev–Trinajstić information content (AvgIpc) is 3.25. The fourth-order valence-corrected chi connectivity index (χ4v) is 2.77. The van der Waals surface area contributed by atoms with E-state index in [1.165, 1.54) is 0 Å². The number of amides is 1. The van der Waals surface area contributed by atoms with Crippen molar-refractivity contribution in [2.45, 2.75) is 26.0 Å². The number of carbonyl (C=O) groups excluding carboxylic acids is 1. The molecule has 0 bridgehead atoms. The summed E-state index contributed by atoms with van der Waals surface area (Å²) in [4.78, 5) is 16.7. The summed E-state index contributed by atoms with van der Waals surface area (Å²) in [7, 11) is 1.60. The number of hydrogen-bond donors (Lipinski definition) is 1. The van der Waals surface area contributed by atoms with Gasteiger partial charge < -0.3 is 19.4 Å². The van der Waals surface area contributed by atoms with Crippen LogP contribution in [0.5, 0.6) is 11.5 Å². The van der Waals surface area contributed by atoms with Crippen LogP contribution in [-0.2, 0) is 11.3 Å². The first-order valence-electron chi connectivity index (χ1n) is 8.86. The Kier molecular flexibility index (Phi) is 6.10. The van der Waals surface area contributed by atoms with E-state index in [9.17, 15) is 4.79 Å². The Labute approximate surface area is 158 Å². The molecule has 3 aromatic rings. The molecular weight excluding hydrogens is 342 g/mol. The molecule has 1 atom stereocenters. The minimum Gasteiger partial charge on any atom is -0.497 e. The fraction of sp³-hybridized carbons (Fsp3) is 0.238. The van der Waals surface area contributed by atoms with Gasteiger partial charge in [0.15, 0.2) is 6.10 Å². The number of imidazole rings is 1. The number of para-hydroxylation sites is 1. The molecule has 0 saturated carbocycles. The number of ether oxygens (including phenoxy) is 2. The molecule has 1 aromatic heterocycles. The molecule has 0 spiro atoms. The van der Waals surface area contributed by atoms with Gasteiger partial charge in [-0.15, -0.1) is 0 Å². The van der Waals surface area contributed by atoms with Crippen molar-refractivity contribution in [3.05, 3.63) is 72.8 Å². The third-order valence-corrected chi connectivity index (χ3v) is 4.21. The van der Waals surface area contributed by atoms with Crippen molar-refractivity contribution in [2.24, 2.45) is 0 Å². The Morgan fingerprint density at radius 2 is 2.00 bits per heavy atom. The number of hydrogen-bond acceptors (Lipinski definition) is 4. The topological polar surface area (TPSA) is 65.4 Å². The predicted molar refractivity (Wildman–Crippen MR) is 103 cm³/mol. The third-order valence-electron chi connectivity index (χ3n) is 4.21. The van der Waals surface area contributed by atoms with Crippen molar-refractivity contribution in [2.75, 3.05) is 7.11 Å². The molecule has 1 heterocycles. The zero-order valence-electron chi connectivity index (χ0n) is 15.5. The van der Waals surface area contributed by atoms with E-state index in [0.29, 0.717) is 24.5 Å². The molecule has 0 saturated heterocycles. The second kappa shape index (κ2) is 8.89. The average molecular weight is 365 g/mol. The van der Waals surface area contributed by atoms with Gasteiger partial charge in [0, 0.05) is 25.0 Å². The van der Waals surface area contributed by atoms with Crippen LogP contribution in [0, 0.1) is 0 Å². The minimum absolute atomic E-state index is 0.152. The van der Waals surface area contributed by atoms with Crippen LogP contribution >= 0.6 is 0 Å². The van der Waals surface area contributed by atoms with Crippen LogP contribution < -0.4 is 14.8 Å². The van der Waals surface area contributed by atoms with E-state index in [0.717, 1.165) is 11.3 Å². The van der Waals surface area contributed by atoms with Gasteiger partial charge in [0.1, 0.15) is 11.5 Å². The number of nitrogens with zero attached hydrogens (tertiary/aromatic N) is 2. The number of benzene rings is 2. The molecule has 3 rings (SSSR count). The molecule has 140 valence electrons. The molecule has 0 unspecified atom stereocenters.